The van der Waals surface area contributed by atoms with Gasteiger partial charge in [-0.25, -0.2) is 0 Å². The highest BCUT2D eigenvalue weighted by molar-refractivity contribution is 6.30. The number of halogens is 1. The summed E-state index contributed by atoms with van der Waals surface area (Å²) in [7, 11) is 0. The van der Waals surface area contributed by atoms with Crippen LogP contribution in [0.25, 0.3) is 0 Å². The van der Waals surface area contributed by atoms with E-state index in [1.165, 1.54) is 0 Å². The van der Waals surface area contributed by atoms with Gasteiger partial charge in [0.1, 0.15) is 0 Å². The van der Waals surface area contributed by atoms with Gasteiger partial charge in [0.05, 0.1) is 6.42 Å². The SMILES string of the molecule is O=C(CCN1C(=O)Cc2ccccc2C1=O)NCc1ccc(Cl)cc1. The number of carbonyl (C=O) groups is 3. The first-order valence-electron chi connectivity index (χ1n) is 7.98. The molecular weight excluding hydrogens is 340 g/mol. The summed E-state index contributed by atoms with van der Waals surface area (Å²) in [5, 5.41) is 3.41. The number of carbonyl (C=O) groups excluding carboxylic acids is 3. The van der Waals surface area contributed by atoms with Crippen LogP contribution in [0.5, 0.6) is 0 Å². The van der Waals surface area contributed by atoms with Crippen molar-refractivity contribution in [1.82, 2.24) is 10.2 Å². The zero-order valence-electron chi connectivity index (χ0n) is 13.5. The Morgan fingerprint density at radius 3 is 2.56 bits per heavy atom. The highest BCUT2D eigenvalue weighted by atomic mass is 35.5. The van der Waals surface area contributed by atoms with Crippen molar-refractivity contribution in [3.63, 3.8) is 0 Å². The Bertz CT molecular complexity index is 818. The molecule has 5 nitrogen and oxygen atoms in total. The second-order valence-corrected chi connectivity index (χ2v) is 6.27. The Kier molecular flexibility index (Phi) is 5.14. The summed E-state index contributed by atoms with van der Waals surface area (Å²) < 4.78 is 0. The summed E-state index contributed by atoms with van der Waals surface area (Å²) >= 11 is 5.82. The van der Waals surface area contributed by atoms with E-state index in [0.29, 0.717) is 17.1 Å². The van der Waals surface area contributed by atoms with Crippen LogP contribution in [0.15, 0.2) is 48.5 Å². The van der Waals surface area contributed by atoms with Crippen molar-refractivity contribution < 1.29 is 14.4 Å². The standard InChI is InChI=1S/C19H17ClN2O3/c20-15-7-5-13(6-8-15)12-21-17(23)9-10-22-18(24)11-14-3-1-2-4-16(14)19(22)25/h1-8H,9-12H2,(H,21,23). The monoisotopic (exact) mass is 356 g/mol. The first-order chi connectivity index (χ1) is 12.0. The molecule has 0 aromatic heterocycles. The maximum absolute atomic E-state index is 12.4. The fourth-order valence-electron chi connectivity index (χ4n) is 2.73. The molecule has 1 aliphatic heterocycles. The maximum atomic E-state index is 12.4. The minimum absolute atomic E-state index is 0.0766. The van der Waals surface area contributed by atoms with Crippen molar-refractivity contribution in [3.8, 4) is 0 Å². The van der Waals surface area contributed by atoms with E-state index in [1.807, 2.05) is 12.1 Å². The smallest absolute Gasteiger partial charge is 0.260 e. The van der Waals surface area contributed by atoms with Crippen LogP contribution in [-0.2, 0) is 22.6 Å². The summed E-state index contributed by atoms with van der Waals surface area (Å²) in [5.74, 6) is -0.819. The largest absolute Gasteiger partial charge is 0.352 e. The number of amides is 3. The summed E-state index contributed by atoms with van der Waals surface area (Å²) in [5.41, 5.74) is 2.20. The van der Waals surface area contributed by atoms with Crippen LogP contribution < -0.4 is 5.32 Å². The summed E-state index contributed by atoms with van der Waals surface area (Å²) in [4.78, 5) is 37.7. The van der Waals surface area contributed by atoms with Gasteiger partial charge in [-0.05, 0) is 29.3 Å². The van der Waals surface area contributed by atoms with Crippen LogP contribution >= 0.6 is 11.6 Å². The highest BCUT2D eigenvalue weighted by Gasteiger charge is 2.30. The van der Waals surface area contributed by atoms with Crippen molar-refractivity contribution in [2.24, 2.45) is 0 Å². The molecule has 0 unspecified atom stereocenters. The second kappa shape index (κ2) is 7.49. The zero-order valence-corrected chi connectivity index (χ0v) is 14.3. The van der Waals surface area contributed by atoms with Crippen LogP contribution in [0.3, 0.4) is 0 Å². The number of benzene rings is 2. The average molecular weight is 357 g/mol. The zero-order chi connectivity index (χ0) is 17.8. The summed E-state index contributed by atoms with van der Waals surface area (Å²) in [6, 6.07) is 14.2. The van der Waals surface area contributed by atoms with Gasteiger partial charge in [0, 0.05) is 30.1 Å². The predicted molar refractivity (Wildman–Crippen MR) is 94.1 cm³/mol. The van der Waals surface area contributed by atoms with Gasteiger partial charge in [-0.2, -0.15) is 0 Å². The van der Waals surface area contributed by atoms with Crippen LogP contribution in [0.1, 0.15) is 27.9 Å². The number of fused-ring (bicyclic) bond motifs is 1. The Labute approximate surface area is 150 Å². The highest BCUT2D eigenvalue weighted by Crippen LogP contribution is 2.19. The molecule has 0 saturated heterocycles. The maximum Gasteiger partial charge on any atom is 0.260 e. The van der Waals surface area contributed by atoms with Gasteiger partial charge in [-0.3, -0.25) is 19.3 Å². The number of imide groups is 1. The molecule has 3 rings (SSSR count). The van der Waals surface area contributed by atoms with E-state index in [4.69, 9.17) is 11.6 Å². The van der Waals surface area contributed by atoms with E-state index >= 15 is 0 Å². The van der Waals surface area contributed by atoms with Crippen molar-refractivity contribution in [2.45, 2.75) is 19.4 Å². The number of nitrogens with zero attached hydrogens (tertiary/aromatic N) is 1. The molecule has 6 heteroatoms. The fraction of sp³-hybridized carbons (Fsp3) is 0.211. The fourth-order valence-corrected chi connectivity index (χ4v) is 2.86. The van der Waals surface area contributed by atoms with Crippen molar-refractivity contribution in [3.05, 3.63) is 70.2 Å². The summed E-state index contributed by atoms with van der Waals surface area (Å²) in [6.45, 7) is 0.458. The minimum atomic E-state index is -0.336. The molecule has 0 saturated carbocycles. The molecular formula is C19H17ClN2O3. The molecule has 0 atom stereocenters. The quantitative estimate of drug-likeness (QED) is 0.837. The average Bonchev–Trinajstić information content (AvgIpc) is 2.61. The van der Waals surface area contributed by atoms with Crippen molar-refractivity contribution >= 4 is 29.3 Å². The minimum Gasteiger partial charge on any atom is -0.352 e. The molecule has 0 spiro atoms. The first kappa shape index (κ1) is 17.2. The molecule has 0 aliphatic carbocycles. The molecule has 128 valence electrons. The Morgan fingerprint density at radius 2 is 1.80 bits per heavy atom. The van der Waals surface area contributed by atoms with Gasteiger partial charge in [0.25, 0.3) is 5.91 Å². The lowest BCUT2D eigenvalue weighted by atomic mass is 9.98. The van der Waals surface area contributed by atoms with Gasteiger partial charge in [0.15, 0.2) is 0 Å². The van der Waals surface area contributed by atoms with Gasteiger partial charge in [0.2, 0.25) is 11.8 Å². The summed E-state index contributed by atoms with van der Waals surface area (Å²) in [6.07, 6.45) is 0.265. The molecule has 2 aromatic rings. The molecule has 1 N–H and O–H groups in total. The van der Waals surface area contributed by atoms with E-state index in [9.17, 15) is 14.4 Å². The van der Waals surface area contributed by atoms with Gasteiger partial charge < -0.3 is 5.32 Å². The molecule has 3 amide bonds. The third-order valence-corrected chi connectivity index (χ3v) is 4.35. The molecule has 1 heterocycles. The number of hydrogen-bond acceptors (Lipinski definition) is 3. The van der Waals surface area contributed by atoms with Crippen molar-refractivity contribution in [2.75, 3.05) is 6.54 Å². The molecule has 2 aromatic carbocycles. The van der Waals surface area contributed by atoms with Crippen molar-refractivity contribution in [1.29, 1.82) is 0 Å². The second-order valence-electron chi connectivity index (χ2n) is 5.84. The van der Waals surface area contributed by atoms with E-state index in [1.54, 1.807) is 36.4 Å². The third kappa shape index (κ3) is 4.06. The lowest BCUT2D eigenvalue weighted by molar-refractivity contribution is -0.129. The number of hydrogen-bond donors (Lipinski definition) is 1. The van der Waals surface area contributed by atoms with E-state index in [-0.39, 0.29) is 37.1 Å². The van der Waals surface area contributed by atoms with Gasteiger partial charge in [-0.15, -0.1) is 0 Å². The first-order valence-corrected chi connectivity index (χ1v) is 8.36. The molecule has 25 heavy (non-hydrogen) atoms. The topological polar surface area (TPSA) is 66.5 Å². The van der Waals surface area contributed by atoms with Crippen LogP contribution in [0.4, 0.5) is 0 Å². The van der Waals surface area contributed by atoms with E-state index < -0.39 is 0 Å². The van der Waals surface area contributed by atoms with Crippen LogP contribution in [-0.4, -0.2) is 29.2 Å². The number of rotatable bonds is 5. The normalized spacial score (nSPS) is 13.6. The van der Waals surface area contributed by atoms with Crippen LogP contribution in [0.2, 0.25) is 5.02 Å². The Balaban J connectivity index is 1.54. The molecule has 1 aliphatic rings. The molecule has 0 fully saturated rings. The van der Waals surface area contributed by atoms with Gasteiger partial charge >= 0.3 is 0 Å². The lowest BCUT2D eigenvalue weighted by Gasteiger charge is -2.26. The Hall–Kier alpha value is -2.66. The van der Waals surface area contributed by atoms with E-state index in [2.05, 4.69) is 5.32 Å². The van der Waals surface area contributed by atoms with Gasteiger partial charge in [-0.1, -0.05) is 41.9 Å². The molecule has 0 bridgehead atoms. The molecule has 0 radical (unpaired) electrons. The Morgan fingerprint density at radius 1 is 1.08 bits per heavy atom. The van der Waals surface area contributed by atoms with Crippen LogP contribution in [0, 0.1) is 0 Å². The lowest BCUT2D eigenvalue weighted by Crippen LogP contribution is -2.44. The number of nitrogens with one attached hydrogen (secondary N) is 1. The predicted octanol–water partition coefficient (Wildman–Crippen LogP) is 2.57. The van der Waals surface area contributed by atoms with E-state index in [0.717, 1.165) is 16.0 Å². The third-order valence-electron chi connectivity index (χ3n) is 4.10.